The number of ether oxygens (including phenoxy) is 1. The van der Waals surface area contributed by atoms with E-state index in [-0.39, 0.29) is 42.4 Å². The first-order valence-corrected chi connectivity index (χ1v) is 10.8. The summed E-state index contributed by atoms with van der Waals surface area (Å²) in [7, 11) is 0. The number of hydrogen-bond donors (Lipinski definition) is 2. The van der Waals surface area contributed by atoms with E-state index in [4.69, 9.17) is 4.74 Å². The van der Waals surface area contributed by atoms with Gasteiger partial charge in [0.05, 0.1) is 17.4 Å². The minimum atomic E-state index is -1.01. The number of carbonyl (C=O) groups is 1. The zero-order chi connectivity index (χ0) is 24.2. The number of imidazole rings is 1. The number of rotatable bonds is 9. The molecule has 0 saturated carbocycles. The highest BCUT2D eigenvalue weighted by Gasteiger charge is 2.27. The van der Waals surface area contributed by atoms with Crippen molar-refractivity contribution in [3.8, 4) is 5.75 Å². The van der Waals surface area contributed by atoms with Gasteiger partial charge in [-0.1, -0.05) is 36.4 Å². The lowest BCUT2D eigenvalue weighted by Gasteiger charge is -2.20. The van der Waals surface area contributed by atoms with Crippen molar-refractivity contribution in [3.63, 3.8) is 0 Å². The van der Waals surface area contributed by atoms with E-state index in [2.05, 4.69) is 4.98 Å². The fraction of sp³-hybridized carbons (Fsp3) is 0.231. The van der Waals surface area contributed by atoms with Crippen molar-refractivity contribution in [1.82, 2.24) is 9.38 Å². The molecular weight excluding hydrogens is 442 g/mol. The molecule has 0 saturated heterocycles. The Morgan fingerprint density at radius 3 is 2.44 bits per heavy atom. The topological polar surface area (TPSA) is 84.1 Å². The first-order valence-electron chi connectivity index (χ1n) is 10.8. The molecule has 4 aromatic rings. The van der Waals surface area contributed by atoms with E-state index in [1.807, 2.05) is 6.07 Å². The number of pyridine rings is 1. The molecule has 0 aliphatic carbocycles. The van der Waals surface area contributed by atoms with Crippen LogP contribution in [0.25, 0.3) is 5.65 Å². The van der Waals surface area contributed by atoms with Gasteiger partial charge in [-0.15, -0.1) is 0 Å². The fourth-order valence-corrected chi connectivity index (χ4v) is 3.96. The van der Waals surface area contributed by atoms with Crippen molar-refractivity contribution in [2.75, 3.05) is 6.61 Å². The van der Waals surface area contributed by atoms with E-state index in [9.17, 15) is 23.8 Å². The number of aliphatic hydroxyl groups is 2. The number of ketones is 1. The SMILES string of the molecule is Cc1nc2c(OCc3c(F)cccc3F)cccn2c1C(=O)C[C@@H](CO)[C@H](O)c1ccccc1. The summed E-state index contributed by atoms with van der Waals surface area (Å²) in [6.45, 7) is 0.950. The van der Waals surface area contributed by atoms with Crippen LogP contribution in [0, 0.1) is 24.5 Å². The molecule has 2 atom stereocenters. The number of aliphatic hydroxyl groups excluding tert-OH is 2. The summed E-state index contributed by atoms with van der Waals surface area (Å²) < 4.78 is 35.1. The molecule has 34 heavy (non-hydrogen) atoms. The van der Waals surface area contributed by atoms with Gasteiger partial charge in [-0.25, -0.2) is 13.8 Å². The first-order chi connectivity index (χ1) is 16.4. The Bertz CT molecular complexity index is 1290. The van der Waals surface area contributed by atoms with E-state index < -0.39 is 23.7 Å². The molecule has 2 aromatic heterocycles. The number of aryl methyl sites for hydroxylation is 1. The molecule has 0 aliphatic rings. The fourth-order valence-electron chi connectivity index (χ4n) is 3.96. The van der Waals surface area contributed by atoms with Crippen LogP contribution in [-0.4, -0.2) is 32.0 Å². The van der Waals surface area contributed by atoms with Gasteiger partial charge in [0.25, 0.3) is 0 Å². The van der Waals surface area contributed by atoms with Crippen molar-refractivity contribution >= 4 is 11.4 Å². The van der Waals surface area contributed by atoms with Crippen LogP contribution in [0.3, 0.4) is 0 Å². The van der Waals surface area contributed by atoms with Crippen LogP contribution in [0.5, 0.6) is 5.75 Å². The summed E-state index contributed by atoms with van der Waals surface area (Å²) in [6.07, 6.45) is 0.525. The molecule has 6 nitrogen and oxygen atoms in total. The smallest absolute Gasteiger partial charge is 0.181 e. The zero-order valence-corrected chi connectivity index (χ0v) is 18.5. The van der Waals surface area contributed by atoms with Crippen LogP contribution >= 0.6 is 0 Å². The Hall–Kier alpha value is -3.62. The molecule has 176 valence electrons. The van der Waals surface area contributed by atoms with Gasteiger partial charge in [-0.05, 0) is 36.8 Å². The number of benzene rings is 2. The highest BCUT2D eigenvalue weighted by atomic mass is 19.1. The number of Topliss-reactive ketones (excluding diaryl/α,β-unsaturated/α-hetero) is 1. The Labute approximate surface area is 195 Å². The first kappa shape index (κ1) is 23.5. The number of aromatic nitrogens is 2. The third-order valence-electron chi connectivity index (χ3n) is 5.76. The third kappa shape index (κ3) is 4.69. The molecule has 0 fully saturated rings. The lowest BCUT2D eigenvalue weighted by Crippen LogP contribution is -2.21. The average molecular weight is 466 g/mol. The maximum Gasteiger partial charge on any atom is 0.181 e. The molecule has 8 heteroatoms. The molecule has 0 aliphatic heterocycles. The lowest BCUT2D eigenvalue weighted by atomic mass is 9.91. The summed E-state index contributed by atoms with van der Waals surface area (Å²) in [5, 5.41) is 20.5. The minimum Gasteiger partial charge on any atom is -0.485 e. The average Bonchev–Trinajstić information content (AvgIpc) is 3.18. The number of fused-ring (bicyclic) bond motifs is 1. The van der Waals surface area contributed by atoms with Gasteiger partial charge in [0.1, 0.15) is 23.9 Å². The Kier molecular flexibility index (Phi) is 7.00. The highest BCUT2D eigenvalue weighted by molar-refractivity contribution is 5.97. The molecule has 2 aromatic carbocycles. The Balaban J connectivity index is 1.58. The van der Waals surface area contributed by atoms with Crippen molar-refractivity contribution in [2.24, 2.45) is 5.92 Å². The lowest BCUT2D eigenvalue weighted by molar-refractivity contribution is 0.0549. The van der Waals surface area contributed by atoms with Crippen molar-refractivity contribution < 1.29 is 28.5 Å². The standard InChI is InChI=1S/C26H24F2N2O4/c1-16-24(22(32)13-18(14-31)25(33)17-7-3-2-4-8-17)30-12-6-11-23(26(30)29-16)34-15-19-20(27)9-5-10-21(19)28/h2-12,18,25,31,33H,13-15H2,1H3/t18-,25+/m0/s1. The molecule has 0 radical (unpaired) electrons. The van der Waals surface area contributed by atoms with Crippen LogP contribution in [-0.2, 0) is 6.61 Å². The number of halogens is 2. The van der Waals surface area contributed by atoms with E-state index in [0.29, 0.717) is 16.9 Å². The van der Waals surface area contributed by atoms with Gasteiger partial charge in [0.2, 0.25) is 0 Å². The largest absolute Gasteiger partial charge is 0.485 e. The van der Waals surface area contributed by atoms with Crippen molar-refractivity contribution in [2.45, 2.75) is 26.1 Å². The molecule has 2 N–H and O–H groups in total. The summed E-state index contributed by atoms with van der Waals surface area (Å²) in [6, 6.07) is 15.7. The van der Waals surface area contributed by atoms with Crippen LogP contribution in [0.4, 0.5) is 8.78 Å². The molecule has 2 heterocycles. The number of nitrogens with zero attached hydrogens (tertiary/aromatic N) is 2. The van der Waals surface area contributed by atoms with Crippen LogP contribution < -0.4 is 4.74 Å². The van der Waals surface area contributed by atoms with E-state index in [1.165, 1.54) is 6.07 Å². The van der Waals surface area contributed by atoms with Crippen molar-refractivity contribution in [3.05, 3.63) is 101 Å². The van der Waals surface area contributed by atoms with Crippen LogP contribution in [0.15, 0.2) is 66.9 Å². The zero-order valence-electron chi connectivity index (χ0n) is 18.5. The minimum absolute atomic E-state index is 0.104. The summed E-state index contributed by atoms with van der Waals surface area (Å²) in [5.74, 6) is -2.18. The van der Waals surface area contributed by atoms with Gasteiger partial charge >= 0.3 is 0 Å². The van der Waals surface area contributed by atoms with Gasteiger partial charge in [-0.3, -0.25) is 9.20 Å². The predicted molar refractivity (Wildman–Crippen MR) is 122 cm³/mol. The monoisotopic (exact) mass is 466 g/mol. The molecule has 4 rings (SSSR count). The summed E-state index contributed by atoms with van der Waals surface area (Å²) in [4.78, 5) is 17.6. The molecule has 0 unspecified atom stereocenters. The maximum atomic E-state index is 14.0. The van der Waals surface area contributed by atoms with Crippen molar-refractivity contribution in [1.29, 1.82) is 0 Å². The molecule has 0 amide bonds. The second kappa shape index (κ2) is 10.1. The van der Waals surface area contributed by atoms with E-state index >= 15 is 0 Å². The van der Waals surface area contributed by atoms with Gasteiger partial charge in [-0.2, -0.15) is 0 Å². The summed E-state index contributed by atoms with van der Waals surface area (Å²) >= 11 is 0. The van der Waals surface area contributed by atoms with E-state index in [0.717, 1.165) is 12.1 Å². The van der Waals surface area contributed by atoms with Crippen LogP contribution in [0.2, 0.25) is 0 Å². The molecule has 0 spiro atoms. The third-order valence-corrected chi connectivity index (χ3v) is 5.76. The molecular formula is C26H24F2N2O4. The Morgan fingerprint density at radius 1 is 1.06 bits per heavy atom. The normalized spacial score (nSPS) is 13.1. The Morgan fingerprint density at radius 2 is 1.76 bits per heavy atom. The van der Waals surface area contributed by atoms with Crippen LogP contribution in [0.1, 0.15) is 39.8 Å². The number of carbonyl (C=O) groups excluding carboxylic acids is 1. The van der Waals surface area contributed by atoms with Gasteiger partial charge in [0.15, 0.2) is 17.2 Å². The highest BCUT2D eigenvalue weighted by Crippen LogP contribution is 2.29. The quantitative estimate of drug-likeness (QED) is 0.357. The van der Waals surface area contributed by atoms with Gasteiger partial charge in [0, 0.05) is 25.1 Å². The second-order valence-corrected chi connectivity index (χ2v) is 8.03. The predicted octanol–water partition coefficient (Wildman–Crippen LogP) is 4.41. The van der Waals surface area contributed by atoms with Gasteiger partial charge < -0.3 is 14.9 Å². The maximum absolute atomic E-state index is 14.0. The second-order valence-electron chi connectivity index (χ2n) is 8.03. The summed E-state index contributed by atoms with van der Waals surface area (Å²) in [5.41, 5.74) is 1.45. The number of hydrogen-bond acceptors (Lipinski definition) is 5. The van der Waals surface area contributed by atoms with E-state index in [1.54, 1.807) is 53.9 Å². The molecule has 0 bridgehead atoms.